The molecule has 3 saturated heterocycles. The number of hydrogen-bond donors (Lipinski definition) is 0. The van der Waals surface area contributed by atoms with Crippen LogP contribution < -0.4 is 9.64 Å². The molecule has 4 heterocycles. The highest BCUT2D eigenvalue weighted by molar-refractivity contribution is 5.91. The fraction of sp³-hybridized carbons (Fsp3) is 0.594. The summed E-state index contributed by atoms with van der Waals surface area (Å²) in [6.45, 7) is 6.80. The minimum Gasteiger partial charge on any atom is -0.462 e. The predicted molar refractivity (Wildman–Crippen MR) is 153 cm³/mol. The smallest absolute Gasteiger partial charge is 0.318 e. The van der Waals surface area contributed by atoms with Gasteiger partial charge >= 0.3 is 6.01 Å². The lowest BCUT2D eigenvalue weighted by Crippen LogP contribution is -2.62. The molecule has 1 aromatic carbocycles. The monoisotopic (exact) mass is 563 g/mol. The number of anilines is 1. The van der Waals surface area contributed by atoms with E-state index in [2.05, 4.69) is 35.7 Å². The second-order valence-electron chi connectivity index (χ2n) is 13.2. The second-order valence-corrected chi connectivity index (χ2v) is 13.2. The highest BCUT2D eigenvalue weighted by Crippen LogP contribution is 2.49. The van der Waals surface area contributed by atoms with Crippen molar-refractivity contribution in [1.29, 1.82) is 0 Å². The van der Waals surface area contributed by atoms with Crippen LogP contribution in [-0.4, -0.2) is 84.3 Å². The zero-order valence-electron chi connectivity index (χ0n) is 23.9. The van der Waals surface area contributed by atoms with Gasteiger partial charge in [0.1, 0.15) is 18.6 Å². The van der Waals surface area contributed by atoms with Gasteiger partial charge in [-0.25, -0.2) is 8.78 Å². The summed E-state index contributed by atoms with van der Waals surface area (Å²) < 4.78 is 33.6. The Morgan fingerprint density at radius 1 is 1.12 bits per heavy atom. The molecule has 0 N–H and O–H groups in total. The summed E-state index contributed by atoms with van der Waals surface area (Å²) in [6.07, 6.45) is 6.63. The Balaban J connectivity index is 1.13. The number of nitrogens with zero attached hydrogens (tertiary/aromatic N) is 5. The summed E-state index contributed by atoms with van der Waals surface area (Å²) in [4.78, 5) is 27.9. The molecule has 3 atom stereocenters. The summed E-state index contributed by atoms with van der Waals surface area (Å²) in [5.74, 6) is -0.501. The lowest BCUT2D eigenvalue weighted by Gasteiger charge is -2.54. The third kappa shape index (κ3) is 4.70. The third-order valence-electron chi connectivity index (χ3n) is 10.6. The average molecular weight is 564 g/mol. The van der Waals surface area contributed by atoms with Crippen molar-refractivity contribution in [1.82, 2.24) is 19.8 Å². The number of aryl methyl sites for hydroxylation is 1. The Labute approximate surface area is 240 Å². The number of amides is 1. The van der Waals surface area contributed by atoms with E-state index in [9.17, 15) is 13.6 Å². The maximum Gasteiger partial charge on any atom is 0.318 e. The van der Waals surface area contributed by atoms with Crippen LogP contribution in [0, 0.1) is 5.41 Å². The van der Waals surface area contributed by atoms with E-state index >= 15 is 0 Å². The van der Waals surface area contributed by atoms with Gasteiger partial charge < -0.3 is 14.5 Å². The highest BCUT2D eigenvalue weighted by atomic mass is 19.1. The molecule has 9 heteroatoms. The number of likely N-dealkylation sites (tertiary alicyclic amines) is 2. The van der Waals surface area contributed by atoms with Crippen LogP contribution in [-0.2, 0) is 29.5 Å². The number of ether oxygens (including phenoxy) is 1. The first-order valence-electron chi connectivity index (χ1n) is 15.1. The molecule has 0 radical (unpaired) electrons. The van der Waals surface area contributed by atoms with Gasteiger partial charge in [0.05, 0.1) is 5.69 Å². The molecule has 3 aliphatic heterocycles. The normalized spacial score (nSPS) is 28.5. The fourth-order valence-electron chi connectivity index (χ4n) is 8.17. The first-order valence-corrected chi connectivity index (χ1v) is 15.1. The Kier molecular flexibility index (Phi) is 6.56. The van der Waals surface area contributed by atoms with Crippen molar-refractivity contribution in [3.8, 4) is 6.01 Å². The van der Waals surface area contributed by atoms with Gasteiger partial charge in [0.2, 0.25) is 0 Å². The van der Waals surface area contributed by atoms with Gasteiger partial charge in [0, 0.05) is 55.2 Å². The molecule has 1 amide bonds. The number of carbonyl (C=O) groups excluding carboxylic acids is 1. The van der Waals surface area contributed by atoms with E-state index in [4.69, 9.17) is 14.7 Å². The topological polar surface area (TPSA) is 61.8 Å². The van der Waals surface area contributed by atoms with Crippen LogP contribution in [0.25, 0.3) is 0 Å². The number of carbonyl (C=O) groups is 1. The number of hydrogen-bond acceptors (Lipinski definition) is 6. The molecular formula is C32H39F2N5O2. The van der Waals surface area contributed by atoms with Crippen molar-refractivity contribution in [3.05, 3.63) is 59.1 Å². The average Bonchev–Trinajstić information content (AvgIpc) is 3.47. The van der Waals surface area contributed by atoms with E-state index in [-0.39, 0.29) is 16.9 Å². The number of fused-ring (bicyclic) bond motifs is 3. The van der Waals surface area contributed by atoms with Gasteiger partial charge in [-0.2, -0.15) is 9.97 Å². The van der Waals surface area contributed by atoms with Crippen LogP contribution in [0.1, 0.15) is 54.5 Å². The van der Waals surface area contributed by atoms with Gasteiger partial charge in [-0.15, -0.1) is 0 Å². The van der Waals surface area contributed by atoms with Crippen LogP contribution >= 0.6 is 0 Å². The molecule has 0 saturated carbocycles. The molecule has 7 nitrogen and oxygen atoms in total. The minimum atomic E-state index is -0.883. The molecule has 2 aliphatic carbocycles. The lowest BCUT2D eigenvalue weighted by atomic mass is 9.69. The molecule has 7 rings (SSSR count). The van der Waals surface area contributed by atoms with Crippen molar-refractivity contribution in [2.24, 2.45) is 5.41 Å². The highest BCUT2D eigenvalue weighted by Gasteiger charge is 2.48. The van der Waals surface area contributed by atoms with E-state index in [1.807, 2.05) is 11.9 Å². The van der Waals surface area contributed by atoms with E-state index < -0.39 is 17.9 Å². The first-order chi connectivity index (χ1) is 19.7. The van der Waals surface area contributed by atoms with Crippen molar-refractivity contribution >= 4 is 11.7 Å². The minimum absolute atomic E-state index is 0.0145. The van der Waals surface area contributed by atoms with Crippen LogP contribution in [0.5, 0.6) is 6.01 Å². The number of alkyl halides is 1. The Hall–Kier alpha value is -3.07. The summed E-state index contributed by atoms with van der Waals surface area (Å²) in [5, 5.41) is 0. The largest absolute Gasteiger partial charge is 0.462 e. The van der Waals surface area contributed by atoms with Gasteiger partial charge in [-0.1, -0.05) is 30.8 Å². The SMILES string of the molecule is C=C(F)C(=O)N1CC2(CCN(c3nc(OC[C@@H]4C[C@@H](F)CN4C)nc4c3CC[C@]3(CCc5ccccc53)C4)CC2)C1. The number of likely N-dealkylation sites (N-methyl/N-ethyl adjacent to an activating group) is 1. The zero-order valence-corrected chi connectivity index (χ0v) is 23.9. The molecular weight excluding hydrogens is 524 g/mol. The van der Waals surface area contributed by atoms with Crippen molar-refractivity contribution < 1.29 is 18.3 Å². The van der Waals surface area contributed by atoms with Gasteiger partial charge in [-0.3, -0.25) is 9.69 Å². The van der Waals surface area contributed by atoms with Crippen LogP contribution in [0.15, 0.2) is 36.7 Å². The van der Waals surface area contributed by atoms with Crippen LogP contribution in [0.3, 0.4) is 0 Å². The molecule has 218 valence electrons. The number of piperidine rings is 1. The Morgan fingerprint density at radius 2 is 1.88 bits per heavy atom. The lowest BCUT2D eigenvalue weighted by molar-refractivity contribution is -0.142. The van der Waals surface area contributed by atoms with Crippen LogP contribution in [0.4, 0.5) is 14.6 Å². The number of benzene rings is 1. The van der Waals surface area contributed by atoms with Crippen LogP contribution in [0.2, 0.25) is 0 Å². The summed E-state index contributed by atoms with van der Waals surface area (Å²) in [7, 11) is 1.94. The maximum absolute atomic E-state index is 14.0. The maximum atomic E-state index is 14.0. The van der Waals surface area contributed by atoms with E-state index in [1.54, 1.807) is 4.90 Å². The second kappa shape index (κ2) is 10.0. The molecule has 2 aromatic rings. The van der Waals surface area contributed by atoms with E-state index in [0.29, 0.717) is 38.7 Å². The Bertz CT molecular complexity index is 1370. The Morgan fingerprint density at radius 3 is 2.61 bits per heavy atom. The standard InChI is InChI=1S/C32H39F2N5O2/c1-21(33)29(40)39-19-31(20-39)11-13-38(14-12-31)28-25-8-10-32(9-7-22-5-3-4-6-26(22)32)16-27(25)35-30(36-28)41-18-24-15-23(34)17-37(24)2/h3-6,23-24H,1,7-20H2,2H3/t23-,24+,32-/m1/s1. The molecule has 1 aromatic heterocycles. The van der Waals surface area contributed by atoms with E-state index in [0.717, 1.165) is 69.5 Å². The number of rotatable bonds is 5. The first kappa shape index (κ1) is 26.8. The van der Waals surface area contributed by atoms with E-state index in [1.165, 1.54) is 16.7 Å². The molecule has 3 fully saturated rings. The summed E-state index contributed by atoms with van der Waals surface area (Å²) in [6, 6.07) is 9.25. The molecule has 2 spiro atoms. The quantitative estimate of drug-likeness (QED) is 0.509. The predicted octanol–water partition coefficient (Wildman–Crippen LogP) is 4.18. The van der Waals surface area contributed by atoms with Gasteiger partial charge in [-0.05, 0) is 69.5 Å². The van der Waals surface area contributed by atoms with Crippen molar-refractivity contribution in [2.45, 2.75) is 69.0 Å². The van der Waals surface area contributed by atoms with Gasteiger partial charge in [0.25, 0.3) is 5.91 Å². The zero-order chi connectivity index (χ0) is 28.4. The molecule has 0 bridgehead atoms. The fourth-order valence-corrected chi connectivity index (χ4v) is 8.17. The number of halogens is 2. The molecule has 5 aliphatic rings. The molecule has 41 heavy (non-hydrogen) atoms. The van der Waals surface area contributed by atoms with Crippen molar-refractivity contribution in [2.75, 3.05) is 51.3 Å². The summed E-state index contributed by atoms with van der Waals surface area (Å²) >= 11 is 0. The third-order valence-corrected chi connectivity index (χ3v) is 10.6. The summed E-state index contributed by atoms with van der Waals surface area (Å²) in [5.41, 5.74) is 5.38. The van der Waals surface area contributed by atoms with Gasteiger partial charge in [0.15, 0.2) is 5.83 Å². The molecule has 0 unspecified atom stereocenters. The number of aromatic nitrogens is 2. The van der Waals surface area contributed by atoms with Crippen molar-refractivity contribution in [3.63, 3.8) is 0 Å².